The highest BCUT2D eigenvalue weighted by Gasteiger charge is 2.44. The molecule has 2 aromatic carbocycles. The monoisotopic (exact) mass is 336 g/mol. The lowest BCUT2D eigenvalue weighted by molar-refractivity contribution is -0.103. The quantitative estimate of drug-likeness (QED) is 0.913. The van der Waals surface area contributed by atoms with Crippen molar-refractivity contribution in [1.82, 2.24) is 4.90 Å². The minimum atomic E-state index is -0.494. The Balaban J connectivity index is 1.57. The van der Waals surface area contributed by atoms with Crippen LogP contribution >= 0.6 is 0 Å². The van der Waals surface area contributed by atoms with Gasteiger partial charge in [-0.3, -0.25) is 9.59 Å². The number of aryl methyl sites for hydroxylation is 1. The molecule has 1 aliphatic heterocycles. The maximum absolute atomic E-state index is 12.9. The molecule has 1 atom stereocenters. The predicted octanol–water partition coefficient (Wildman–Crippen LogP) is 2.10. The second kappa shape index (κ2) is 6.01. The molecule has 2 N–H and O–H groups in total. The number of fused-ring (bicyclic) bond motifs is 2. The van der Waals surface area contributed by atoms with E-state index in [0.29, 0.717) is 30.8 Å². The number of primary amides is 1. The van der Waals surface area contributed by atoms with Crippen molar-refractivity contribution in [2.45, 2.75) is 18.4 Å². The highest BCUT2D eigenvalue weighted by molar-refractivity contribution is 5.97. The van der Waals surface area contributed by atoms with Gasteiger partial charge < -0.3 is 15.4 Å². The molecule has 0 saturated carbocycles. The van der Waals surface area contributed by atoms with E-state index in [1.807, 2.05) is 17.0 Å². The predicted molar refractivity (Wildman–Crippen MR) is 93.3 cm³/mol. The van der Waals surface area contributed by atoms with Crippen LogP contribution in [0, 0.1) is 0 Å². The van der Waals surface area contributed by atoms with Gasteiger partial charge in [0.05, 0.1) is 13.2 Å². The number of benzene rings is 2. The molecule has 2 aromatic rings. The lowest BCUT2D eigenvalue weighted by Gasteiger charge is -2.41. The van der Waals surface area contributed by atoms with E-state index in [0.717, 1.165) is 12.8 Å². The number of carbonyl (C=O) groups is 2. The molecule has 2 aliphatic rings. The van der Waals surface area contributed by atoms with E-state index < -0.39 is 11.5 Å². The minimum Gasteiger partial charge on any atom is -0.367 e. The van der Waals surface area contributed by atoms with Gasteiger partial charge in [-0.1, -0.05) is 24.3 Å². The third kappa shape index (κ3) is 2.70. The Labute approximate surface area is 146 Å². The molecule has 1 spiro atoms. The molecule has 1 saturated heterocycles. The van der Waals surface area contributed by atoms with E-state index in [2.05, 4.69) is 12.1 Å². The molecule has 4 rings (SSSR count). The van der Waals surface area contributed by atoms with Crippen molar-refractivity contribution in [3.05, 3.63) is 70.8 Å². The smallest absolute Gasteiger partial charge is 0.254 e. The van der Waals surface area contributed by atoms with Crippen molar-refractivity contribution in [1.29, 1.82) is 0 Å². The average Bonchev–Trinajstić information content (AvgIpc) is 2.99. The third-order valence-corrected chi connectivity index (χ3v) is 5.20. The maximum atomic E-state index is 12.9. The standard InChI is InChI=1S/C20H20N2O3/c21-18(23)15-5-7-16(8-6-15)19(24)22-11-12-25-20(13-22)10-9-14-3-1-2-4-17(14)20/h1-8H,9-13H2,(H2,21,23). The zero-order valence-corrected chi connectivity index (χ0v) is 13.9. The Kier molecular flexibility index (Phi) is 3.81. The van der Waals surface area contributed by atoms with Crippen molar-refractivity contribution in [2.75, 3.05) is 19.7 Å². The molecule has 5 heteroatoms. The largest absolute Gasteiger partial charge is 0.367 e. The van der Waals surface area contributed by atoms with Crippen LogP contribution in [0.25, 0.3) is 0 Å². The second-order valence-corrected chi connectivity index (χ2v) is 6.67. The molecule has 1 aliphatic carbocycles. The minimum absolute atomic E-state index is 0.0388. The van der Waals surface area contributed by atoms with Gasteiger partial charge in [-0.25, -0.2) is 0 Å². The molecule has 1 heterocycles. The van der Waals surface area contributed by atoms with Crippen LogP contribution in [0.15, 0.2) is 48.5 Å². The van der Waals surface area contributed by atoms with Crippen molar-refractivity contribution < 1.29 is 14.3 Å². The van der Waals surface area contributed by atoms with Crippen LogP contribution in [0.3, 0.4) is 0 Å². The van der Waals surface area contributed by atoms with Crippen molar-refractivity contribution in [2.24, 2.45) is 5.73 Å². The average molecular weight is 336 g/mol. The van der Waals surface area contributed by atoms with Crippen LogP contribution in [-0.2, 0) is 16.8 Å². The Hall–Kier alpha value is -2.66. The van der Waals surface area contributed by atoms with Gasteiger partial charge in [0.1, 0.15) is 5.60 Å². The first kappa shape index (κ1) is 15.8. The number of amides is 2. The molecule has 1 unspecified atom stereocenters. The van der Waals surface area contributed by atoms with Gasteiger partial charge in [-0.2, -0.15) is 0 Å². The molecule has 5 nitrogen and oxygen atoms in total. The van der Waals surface area contributed by atoms with Crippen molar-refractivity contribution in [3.63, 3.8) is 0 Å². The molecule has 2 amide bonds. The Bertz CT molecular complexity index is 827. The van der Waals surface area contributed by atoms with Gasteiger partial charge in [0.2, 0.25) is 5.91 Å². The number of morpholine rings is 1. The summed E-state index contributed by atoms with van der Waals surface area (Å²) in [6, 6.07) is 14.8. The molecule has 25 heavy (non-hydrogen) atoms. The van der Waals surface area contributed by atoms with E-state index in [1.54, 1.807) is 24.3 Å². The highest BCUT2D eigenvalue weighted by atomic mass is 16.5. The molecular formula is C20H20N2O3. The van der Waals surface area contributed by atoms with Gasteiger partial charge in [-0.15, -0.1) is 0 Å². The maximum Gasteiger partial charge on any atom is 0.254 e. The summed E-state index contributed by atoms with van der Waals surface area (Å²) in [6.45, 7) is 1.65. The fraction of sp³-hybridized carbons (Fsp3) is 0.300. The van der Waals surface area contributed by atoms with Crippen LogP contribution in [0.2, 0.25) is 0 Å². The van der Waals surface area contributed by atoms with Crippen molar-refractivity contribution in [3.8, 4) is 0 Å². The Morgan fingerprint density at radius 2 is 1.76 bits per heavy atom. The number of rotatable bonds is 2. The van der Waals surface area contributed by atoms with Gasteiger partial charge in [0.15, 0.2) is 0 Å². The summed E-state index contributed by atoms with van der Waals surface area (Å²) in [6.07, 6.45) is 1.88. The topological polar surface area (TPSA) is 72.6 Å². The van der Waals surface area contributed by atoms with Gasteiger partial charge in [-0.05, 0) is 48.2 Å². The summed E-state index contributed by atoms with van der Waals surface area (Å²) in [7, 11) is 0. The summed E-state index contributed by atoms with van der Waals surface area (Å²) < 4.78 is 6.16. The fourth-order valence-corrected chi connectivity index (χ4v) is 3.89. The fourth-order valence-electron chi connectivity index (χ4n) is 3.89. The van der Waals surface area contributed by atoms with Gasteiger partial charge >= 0.3 is 0 Å². The number of nitrogens with zero attached hydrogens (tertiary/aromatic N) is 1. The Morgan fingerprint density at radius 3 is 2.52 bits per heavy atom. The SMILES string of the molecule is NC(=O)c1ccc(C(=O)N2CCOC3(CCc4ccccc43)C2)cc1. The second-order valence-electron chi connectivity index (χ2n) is 6.67. The number of hydrogen-bond acceptors (Lipinski definition) is 3. The lowest BCUT2D eigenvalue weighted by Crippen LogP contribution is -2.51. The zero-order valence-electron chi connectivity index (χ0n) is 13.9. The van der Waals surface area contributed by atoms with E-state index >= 15 is 0 Å². The van der Waals surface area contributed by atoms with E-state index in [1.165, 1.54) is 11.1 Å². The van der Waals surface area contributed by atoms with Crippen LogP contribution in [0.4, 0.5) is 0 Å². The van der Waals surface area contributed by atoms with E-state index in [9.17, 15) is 9.59 Å². The first-order chi connectivity index (χ1) is 12.1. The number of hydrogen-bond donors (Lipinski definition) is 1. The normalized spacial score (nSPS) is 22.0. The summed E-state index contributed by atoms with van der Waals surface area (Å²) in [4.78, 5) is 25.9. The first-order valence-electron chi connectivity index (χ1n) is 8.51. The van der Waals surface area contributed by atoms with Crippen LogP contribution in [0.1, 0.15) is 38.3 Å². The third-order valence-electron chi connectivity index (χ3n) is 5.20. The molecule has 0 bridgehead atoms. The van der Waals surface area contributed by atoms with Crippen LogP contribution < -0.4 is 5.73 Å². The zero-order chi connectivity index (χ0) is 17.4. The molecular weight excluding hydrogens is 316 g/mol. The summed E-state index contributed by atoms with van der Waals surface area (Å²) in [5, 5.41) is 0. The van der Waals surface area contributed by atoms with E-state index in [4.69, 9.17) is 10.5 Å². The molecule has 0 radical (unpaired) electrons. The Morgan fingerprint density at radius 1 is 1.04 bits per heavy atom. The number of carbonyl (C=O) groups excluding carboxylic acids is 2. The van der Waals surface area contributed by atoms with E-state index in [-0.39, 0.29) is 5.91 Å². The molecule has 128 valence electrons. The van der Waals surface area contributed by atoms with Crippen LogP contribution in [-0.4, -0.2) is 36.4 Å². The van der Waals surface area contributed by atoms with Crippen molar-refractivity contribution >= 4 is 11.8 Å². The number of ether oxygens (including phenoxy) is 1. The number of nitrogens with two attached hydrogens (primary N) is 1. The summed E-state index contributed by atoms with van der Waals surface area (Å²) in [5.74, 6) is -0.532. The summed E-state index contributed by atoms with van der Waals surface area (Å²) >= 11 is 0. The first-order valence-corrected chi connectivity index (χ1v) is 8.51. The highest BCUT2D eigenvalue weighted by Crippen LogP contribution is 2.42. The lowest BCUT2D eigenvalue weighted by atomic mass is 9.93. The van der Waals surface area contributed by atoms with Crippen LogP contribution in [0.5, 0.6) is 0 Å². The summed E-state index contributed by atoms with van der Waals surface area (Å²) in [5.41, 5.74) is 8.34. The molecule has 1 fully saturated rings. The molecule has 0 aromatic heterocycles. The van der Waals surface area contributed by atoms with Gasteiger partial charge in [0.25, 0.3) is 5.91 Å². The van der Waals surface area contributed by atoms with Gasteiger partial charge in [0, 0.05) is 17.7 Å².